The second-order valence-corrected chi connectivity index (χ2v) is 8.83. The predicted octanol–water partition coefficient (Wildman–Crippen LogP) is 4.09. The summed E-state index contributed by atoms with van der Waals surface area (Å²) in [4.78, 5) is 25.9. The lowest BCUT2D eigenvalue weighted by molar-refractivity contribution is -0.148. The molecule has 2 heterocycles. The molecule has 0 aromatic heterocycles. The number of esters is 2. The van der Waals surface area contributed by atoms with E-state index in [1.807, 2.05) is 37.3 Å². The molecule has 37 heavy (non-hydrogen) atoms. The Morgan fingerprint density at radius 2 is 1.59 bits per heavy atom. The molecular formula is C28H28O9. The largest absolute Gasteiger partial charge is 0.493 e. The third-order valence-electron chi connectivity index (χ3n) is 6.94. The average Bonchev–Trinajstić information content (AvgIpc) is 3.53. The lowest BCUT2D eigenvalue weighted by Gasteiger charge is -2.38. The molecule has 0 N–H and O–H groups in total. The van der Waals surface area contributed by atoms with Gasteiger partial charge in [-0.1, -0.05) is 18.2 Å². The monoisotopic (exact) mass is 508 g/mol. The van der Waals surface area contributed by atoms with Gasteiger partial charge >= 0.3 is 11.9 Å². The van der Waals surface area contributed by atoms with E-state index in [9.17, 15) is 9.59 Å². The van der Waals surface area contributed by atoms with Gasteiger partial charge in [-0.05, 0) is 42.3 Å². The number of methoxy groups -OCH3 is 3. The number of carbonyl (C=O) groups excluding carboxylic acids is 2. The van der Waals surface area contributed by atoms with Crippen molar-refractivity contribution < 1.29 is 42.7 Å². The quantitative estimate of drug-likeness (QED) is 0.311. The van der Waals surface area contributed by atoms with E-state index in [-0.39, 0.29) is 19.4 Å². The molecule has 0 saturated carbocycles. The van der Waals surface area contributed by atoms with Crippen LogP contribution in [0.5, 0.6) is 28.7 Å². The SMILES string of the molecule is C/C=C/C=C/C(=O)O[C@H]1c2cc3c(cc2[C@@H](c2cc(OC)c(OC)c(OC)c2)[C@H]2C(=O)OC[C@@H]21)OCO3. The number of benzene rings is 2. The van der Waals surface area contributed by atoms with E-state index >= 15 is 0 Å². The summed E-state index contributed by atoms with van der Waals surface area (Å²) >= 11 is 0. The van der Waals surface area contributed by atoms with Gasteiger partial charge in [-0.2, -0.15) is 0 Å². The molecule has 1 fully saturated rings. The molecule has 0 radical (unpaired) electrons. The summed E-state index contributed by atoms with van der Waals surface area (Å²) in [6.45, 7) is 2.05. The van der Waals surface area contributed by atoms with Gasteiger partial charge in [-0.15, -0.1) is 0 Å². The first-order valence-corrected chi connectivity index (χ1v) is 11.9. The van der Waals surface area contributed by atoms with E-state index in [0.29, 0.717) is 28.7 Å². The van der Waals surface area contributed by atoms with Crippen molar-refractivity contribution in [3.05, 3.63) is 65.3 Å². The predicted molar refractivity (Wildman–Crippen MR) is 131 cm³/mol. The number of allylic oxidation sites excluding steroid dienone is 3. The summed E-state index contributed by atoms with van der Waals surface area (Å²) in [7, 11) is 4.61. The first-order valence-electron chi connectivity index (χ1n) is 11.9. The summed E-state index contributed by atoms with van der Waals surface area (Å²) in [5, 5.41) is 0. The smallest absolute Gasteiger partial charge is 0.331 e. The summed E-state index contributed by atoms with van der Waals surface area (Å²) in [5.74, 6) is 0.114. The number of rotatable bonds is 7. The van der Waals surface area contributed by atoms with Gasteiger partial charge in [0.15, 0.2) is 23.0 Å². The molecule has 2 aromatic carbocycles. The molecule has 2 aromatic rings. The fraction of sp³-hybridized carbons (Fsp3) is 0.357. The number of hydrogen-bond donors (Lipinski definition) is 0. The Labute approximate surface area is 214 Å². The minimum absolute atomic E-state index is 0.0819. The van der Waals surface area contributed by atoms with Crippen LogP contribution in [0.25, 0.3) is 0 Å². The molecule has 3 aliphatic rings. The highest BCUT2D eigenvalue weighted by molar-refractivity contribution is 5.83. The van der Waals surface area contributed by atoms with Gasteiger partial charge in [0, 0.05) is 23.5 Å². The van der Waals surface area contributed by atoms with Crippen molar-refractivity contribution in [2.24, 2.45) is 11.8 Å². The number of fused-ring (bicyclic) bond motifs is 3. The minimum Gasteiger partial charge on any atom is -0.493 e. The van der Waals surface area contributed by atoms with Gasteiger partial charge in [0.05, 0.1) is 33.9 Å². The molecule has 4 atom stereocenters. The summed E-state index contributed by atoms with van der Waals surface area (Å²) < 4.78 is 39.4. The zero-order chi connectivity index (χ0) is 26.1. The van der Waals surface area contributed by atoms with E-state index in [4.69, 9.17) is 33.2 Å². The number of cyclic esters (lactones) is 1. The zero-order valence-corrected chi connectivity index (χ0v) is 21.0. The lowest BCUT2D eigenvalue weighted by atomic mass is 9.66. The molecule has 0 bridgehead atoms. The van der Waals surface area contributed by atoms with Gasteiger partial charge in [0.25, 0.3) is 0 Å². The van der Waals surface area contributed by atoms with Crippen molar-refractivity contribution in [3.63, 3.8) is 0 Å². The molecule has 5 rings (SSSR count). The van der Waals surface area contributed by atoms with Crippen molar-refractivity contribution in [2.45, 2.75) is 18.9 Å². The molecule has 9 heteroatoms. The van der Waals surface area contributed by atoms with Crippen LogP contribution in [0.15, 0.2) is 48.6 Å². The third kappa shape index (κ3) is 4.24. The molecule has 0 amide bonds. The van der Waals surface area contributed by atoms with E-state index in [2.05, 4.69) is 0 Å². The van der Waals surface area contributed by atoms with Crippen LogP contribution in [0.2, 0.25) is 0 Å². The molecule has 1 saturated heterocycles. The standard InChI is InChI=1S/C28H28O9/c1-5-6-7-8-23(29)37-26-17-12-20-19(35-14-36-20)11-16(17)24(25-18(26)13-34-28(25)30)15-9-21(31-2)27(33-4)22(10-15)32-3/h5-12,18,24-26H,13-14H2,1-4H3/b6-5+,8-7+/t18-,24+,25-,26-/m0/s1. The normalized spacial score (nSPS) is 23.5. The molecule has 0 unspecified atom stereocenters. The third-order valence-corrected chi connectivity index (χ3v) is 6.94. The van der Waals surface area contributed by atoms with E-state index in [1.54, 1.807) is 12.2 Å². The number of ether oxygens (including phenoxy) is 7. The Bertz CT molecular complexity index is 1250. The van der Waals surface area contributed by atoms with Crippen molar-refractivity contribution >= 4 is 11.9 Å². The Morgan fingerprint density at radius 1 is 0.919 bits per heavy atom. The molecule has 0 spiro atoms. The van der Waals surface area contributed by atoms with E-state index in [0.717, 1.165) is 16.7 Å². The molecule has 1 aliphatic carbocycles. The van der Waals surface area contributed by atoms with Crippen molar-refractivity contribution in [3.8, 4) is 28.7 Å². The van der Waals surface area contributed by atoms with Gasteiger partial charge in [0.1, 0.15) is 6.10 Å². The van der Waals surface area contributed by atoms with Crippen LogP contribution in [0, 0.1) is 11.8 Å². The highest BCUT2D eigenvalue weighted by atomic mass is 16.7. The molecular weight excluding hydrogens is 480 g/mol. The number of carbonyl (C=O) groups is 2. The molecule has 194 valence electrons. The molecule has 9 nitrogen and oxygen atoms in total. The van der Waals surface area contributed by atoms with Crippen LogP contribution in [0.1, 0.15) is 35.6 Å². The van der Waals surface area contributed by atoms with Crippen LogP contribution < -0.4 is 23.7 Å². The van der Waals surface area contributed by atoms with Crippen molar-refractivity contribution in [1.29, 1.82) is 0 Å². The topological polar surface area (TPSA) is 98.8 Å². The second kappa shape index (κ2) is 10.1. The van der Waals surface area contributed by atoms with E-state index < -0.39 is 29.8 Å². The van der Waals surface area contributed by atoms with Gasteiger partial charge in [0.2, 0.25) is 12.5 Å². The first kappa shape index (κ1) is 24.5. The highest BCUT2D eigenvalue weighted by Gasteiger charge is 2.54. The Balaban J connectivity index is 1.68. The average molecular weight is 509 g/mol. The van der Waals surface area contributed by atoms with Crippen LogP contribution in [-0.2, 0) is 19.1 Å². The Morgan fingerprint density at radius 3 is 2.22 bits per heavy atom. The fourth-order valence-corrected chi connectivity index (χ4v) is 5.35. The first-order chi connectivity index (χ1) is 18.0. The Hall–Kier alpha value is -4.14. The highest BCUT2D eigenvalue weighted by Crippen LogP contribution is 2.56. The van der Waals surface area contributed by atoms with Crippen molar-refractivity contribution in [1.82, 2.24) is 0 Å². The van der Waals surface area contributed by atoms with E-state index in [1.165, 1.54) is 27.4 Å². The summed E-state index contributed by atoms with van der Waals surface area (Å²) in [5.41, 5.74) is 2.27. The van der Waals surface area contributed by atoms with Crippen molar-refractivity contribution in [2.75, 3.05) is 34.7 Å². The van der Waals surface area contributed by atoms with Crippen LogP contribution in [0.3, 0.4) is 0 Å². The number of hydrogen-bond acceptors (Lipinski definition) is 9. The maximum Gasteiger partial charge on any atom is 0.331 e. The van der Waals surface area contributed by atoms with Crippen LogP contribution in [-0.4, -0.2) is 46.7 Å². The second-order valence-electron chi connectivity index (χ2n) is 8.83. The van der Waals surface area contributed by atoms with Gasteiger partial charge in [-0.3, -0.25) is 4.79 Å². The zero-order valence-electron chi connectivity index (χ0n) is 21.0. The maximum absolute atomic E-state index is 13.2. The minimum atomic E-state index is -0.720. The Kier molecular flexibility index (Phi) is 6.69. The maximum atomic E-state index is 13.2. The van der Waals surface area contributed by atoms with Crippen LogP contribution in [0.4, 0.5) is 0 Å². The van der Waals surface area contributed by atoms with Gasteiger partial charge < -0.3 is 33.2 Å². The van der Waals surface area contributed by atoms with Gasteiger partial charge in [-0.25, -0.2) is 4.79 Å². The summed E-state index contributed by atoms with van der Waals surface area (Å²) in [6.07, 6.45) is 5.78. The lowest BCUT2D eigenvalue weighted by Crippen LogP contribution is -2.36. The summed E-state index contributed by atoms with van der Waals surface area (Å²) in [6, 6.07) is 7.34. The fourth-order valence-electron chi connectivity index (χ4n) is 5.35. The molecule has 2 aliphatic heterocycles. The van der Waals surface area contributed by atoms with Crippen LogP contribution >= 0.6 is 0 Å².